The van der Waals surface area contributed by atoms with Gasteiger partial charge in [-0.05, 0) is 26.0 Å². The molecule has 1 rings (SSSR count). The number of carbonyl (C=O) groups is 1. The first-order chi connectivity index (χ1) is 7.63. The van der Waals surface area contributed by atoms with Gasteiger partial charge >= 0.3 is 5.97 Å². The van der Waals surface area contributed by atoms with Crippen molar-refractivity contribution in [3.63, 3.8) is 0 Å². The molecule has 16 heavy (non-hydrogen) atoms. The first-order valence-corrected chi connectivity index (χ1v) is 5.03. The molecule has 0 aromatic heterocycles. The summed E-state index contributed by atoms with van der Waals surface area (Å²) in [6, 6.07) is 3.30. The molecule has 0 saturated carbocycles. The van der Waals surface area contributed by atoms with Gasteiger partial charge in [-0.15, -0.1) is 0 Å². The summed E-state index contributed by atoms with van der Waals surface area (Å²) in [6.45, 7) is 3.98. The van der Waals surface area contributed by atoms with Gasteiger partial charge in [-0.2, -0.15) is 0 Å². The van der Waals surface area contributed by atoms with Crippen molar-refractivity contribution in [3.8, 4) is 11.5 Å². The Morgan fingerprint density at radius 1 is 1.19 bits per heavy atom. The molecule has 0 spiro atoms. The number of carbonyl (C=O) groups excluding carboxylic acids is 1. The highest BCUT2D eigenvalue weighted by atomic mass is 16.5. The Morgan fingerprint density at radius 2 is 1.69 bits per heavy atom. The Kier molecular flexibility index (Phi) is 4.17. The lowest BCUT2D eigenvalue weighted by Crippen LogP contribution is -2.06. The molecule has 4 heteroatoms. The van der Waals surface area contributed by atoms with Crippen LogP contribution in [-0.4, -0.2) is 26.8 Å². The second kappa shape index (κ2) is 5.39. The molecule has 4 nitrogen and oxygen atoms in total. The molecule has 0 aliphatic carbocycles. The van der Waals surface area contributed by atoms with Gasteiger partial charge in [-0.3, -0.25) is 0 Å². The van der Waals surface area contributed by atoms with Gasteiger partial charge in [-0.1, -0.05) is 0 Å². The number of rotatable bonds is 4. The quantitative estimate of drug-likeness (QED) is 0.735. The fraction of sp³-hybridized carbons (Fsp3) is 0.417. The molecular weight excluding hydrogens is 208 g/mol. The third-order valence-electron chi connectivity index (χ3n) is 2.26. The normalized spacial score (nSPS) is 9.75. The van der Waals surface area contributed by atoms with Crippen molar-refractivity contribution >= 4 is 5.97 Å². The van der Waals surface area contributed by atoms with Crippen LogP contribution in [0.1, 0.15) is 22.8 Å². The highest BCUT2D eigenvalue weighted by molar-refractivity contribution is 5.90. The van der Waals surface area contributed by atoms with Crippen molar-refractivity contribution < 1.29 is 19.0 Å². The molecular formula is C12H16O4. The summed E-state index contributed by atoms with van der Waals surface area (Å²) >= 11 is 0. The summed E-state index contributed by atoms with van der Waals surface area (Å²) < 4.78 is 15.3. The molecule has 0 heterocycles. The zero-order chi connectivity index (χ0) is 12.1. The number of ether oxygens (including phenoxy) is 3. The topological polar surface area (TPSA) is 44.8 Å². The van der Waals surface area contributed by atoms with E-state index >= 15 is 0 Å². The van der Waals surface area contributed by atoms with E-state index in [1.54, 1.807) is 33.3 Å². The molecule has 88 valence electrons. The average molecular weight is 224 g/mol. The highest BCUT2D eigenvalue weighted by Crippen LogP contribution is 2.29. The number of hydrogen-bond donors (Lipinski definition) is 0. The lowest BCUT2D eigenvalue weighted by atomic mass is 10.1. The van der Waals surface area contributed by atoms with Crippen molar-refractivity contribution in [2.45, 2.75) is 13.8 Å². The molecule has 0 aliphatic rings. The van der Waals surface area contributed by atoms with Gasteiger partial charge in [0.05, 0.1) is 26.4 Å². The molecule has 0 bridgehead atoms. The highest BCUT2D eigenvalue weighted by Gasteiger charge is 2.13. The summed E-state index contributed by atoms with van der Waals surface area (Å²) in [6.07, 6.45) is 0. The molecule has 0 atom stereocenters. The molecule has 1 aromatic rings. The Labute approximate surface area is 95.1 Å². The number of methoxy groups -OCH3 is 2. The monoisotopic (exact) mass is 224 g/mol. The first-order valence-electron chi connectivity index (χ1n) is 5.03. The van der Waals surface area contributed by atoms with Crippen molar-refractivity contribution in [1.29, 1.82) is 0 Å². The van der Waals surface area contributed by atoms with E-state index in [1.807, 2.05) is 6.92 Å². The summed E-state index contributed by atoms with van der Waals surface area (Å²) in [7, 11) is 3.10. The van der Waals surface area contributed by atoms with Gasteiger partial charge in [0.15, 0.2) is 0 Å². The second-order valence-corrected chi connectivity index (χ2v) is 3.23. The van der Waals surface area contributed by atoms with E-state index in [-0.39, 0.29) is 5.97 Å². The van der Waals surface area contributed by atoms with Crippen LogP contribution in [0, 0.1) is 6.92 Å². The van der Waals surface area contributed by atoms with Crippen molar-refractivity contribution in [2.75, 3.05) is 20.8 Å². The van der Waals surface area contributed by atoms with Crippen LogP contribution in [0.25, 0.3) is 0 Å². The van der Waals surface area contributed by atoms with E-state index in [9.17, 15) is 4.79 Å². The number of benzene rings is 1. The Bertz CT molecular complexity index is 360. The van der Waals surface area contributed by atoms with E-state index in [2.05, 4.69) is 0 Å². The fourth-order valence-corrected chi connectivity index (χ4v) is 1.42. The zero-order valence-electron chi connectivity index (χ0n) is 9.99. The van der Waals surface area contributed by atoms with Crippen LogP contribution in [0.3, 0.4) is 0 Å². The van der Waals surface area contributed by atoms with E-state index in [0.717, 1.165) is 5.56 Å². The Morgan fingerprint density at radius 3 is 2.06 bits per heavy atom. The standard InChI is InChI=1S/C12H16O4/c1-5-16-12(13)9-6-10(14-3)8(2)11(7-9)15-4/h6-7H,5H2,1-4H3. The number of hydrogen-bond acceptors (Lipinski definition) is 4. The smallest absolute Gasteiger partial charge is 0.338 e. The van der Waals surface area contributed by atoms with Crippen LogP contribution in [0.5, 0.6) is 11.5 Å². The van der Waals surface area contributed by atoms with Gasteiger partial charge in [0.2, 0.25) is 0 Å². The minimum absolute atomic E-state index is 0.345. The predicted octanol–water partition coefficient (Wildman–Crippen LogP) is 2.19. The predicted molar refractivity (Wildman–Crippen MR) is 60.2 cm³/mol. The third kappa shape index (κ3) is 2.45. The largest absolute Gasteiger partial charge is 0.496 e. The maximum Gasteiger partial charge on any atom is 0.338 e. The van der Waals surface area contributed by atoms with Crippen LogP contribution < -0.4 is 9.47 Å². The van der Waals surface area contributed by atoms with Crippen LogP contribution in [-0.2, 0) is 4.74 Å². The molecule has 0 amide bonds. The third-order valence-corrected chi connectivity index (χ3v) is 2.26. The molecule has 0 unspecified atom stereocenters. The average Bonchev–Trinajstić information content (AvgIpc) is 2.29. The summed E-state index contributed by atoms with van der Waals surface area (Å²) in [5.41, 5.74) is 1.29. The van der Waals surface area contributed by atoms with Gasteiger partial charge in [0.25, 0.3) is 0 Å². The summed E-state index contributed by atoms with van der Waals surface area (Å²) in [4.78, 5) is 11.6. The van der Waals surface area contributed by atoms with E-state index in [1.165, 1.54) is 0 Å². The lowest BCUT2D eigenvalue weighted by Gasteiger charge is -2.11. The molecule has 0 aliphatic heterocycles. The van der Waals surface area contributed by atoms with E-state index in [0.29, 0.717) is 23.7 Å². The molecule has 0 fully saturated rings. The maximum absolute atomic E-state index is 11.6. The SMILES string of the molecule is CCOC(=O)c1cc(OC)c(C)c(OC)c1. The molecule has 0 radical (unpaired) electrons. The molecule has 1 aromatic carbocycles. The Hall–Kier alpha value is -1.71. The Balaban J connectivity index is 3.16. The fourth-order valence-electron chi connectivity index (χ4n) is 1.42. The van der Waals surface area contributed by atoms with Gasteiger partial charge in [0, 0.05) is 5.56 Å². The summed E-state index contributed by atoms with van der Waals surface area (Å²) in [5.74, 6) is 0.851. The minimum Gasteiger partial charge on any atom is -0.496 e. The molecule has 0 saturated heterocycles. The first kappa shape index (κ1) is 12.4. The van der Waals surface area contributed by atoms with Crippen LogP contribution in [0.4, 0.5) is 0 Å². The van der Waals surface area contributed by atoms with Crippen molar-refractivity contribution in [2.24, 2.45) is 0 Å². The van der Waals surface area contributed by atoms with Gasteiger partial charge in [0.1, 0.15) is 11.5 Å². The van der Waals surface area contributed by atoms with Gasteiger partial charge in [-0.25, -0.2) is 4.79 Å². The van der Waals surface area contributed by atoms with Gasteiger partial charge < -0.3 is 14.2 Å². The van der Waals surface area contributed by atoms with Crippen LogP contribution in [0.15, 0.2) is 12.1 Å². The second-order valence-electron chi connectivity index (χ2n) is 3.23. The van der Waals surface area contributed by atoms with Crippen molar-refractivity contribution in [1.82, 2.24) is 0 Å². The van der Waals surface area contributed by atoms with E-state index in [4.69, 9.17) is 14.2 Å². The van der Waals surface area contributed by atoms with Crippen molar-refractivity contribution in [3.05, 3.63) is 23.3 Å². The zero-order valence-corrected chi connectivity index (χ0v) is 9.99. The van der Waals surface area contributed by atoms with Crippen LogP contribution in [0.2, 0.25) is 0 Å². The number of esters is 1. The molecule has 0 N–H and O–H groups in total. The van der Waals surface area contributed by atoms with E-state index < -0.39 is 0 Å². The van der Waals surface area contributed by atoms with Crippen LogP contribution >= 0.6 is 0 Å². The maximum atomic E-state index is 11.6. The summed E-state index contributed by atoms with van der Waals surface area (Å²) in [5, 5.41) is 0. The minimum atomic E-state index is -0.376. The lowest BCUT2D eigenvalue weighted by molar-refractivity contribution is 0.0525.